The van der Waals surface area contributed by atoms with Crippen molar-refractivity contribution in [2.24, 2.45) is 5.92 Å². The Bertz CT molecular complexity index is 261. The molecule has 4 heteroatoms. The molecule has 0 bridgehead atoms. The fourth-order valence-electron chi connectivity index (χ4n) is 3.25. The Morgan fingerprint density at radius 3 is 2.41 bits per heavy atom. The van der Waals surface area contributed by atoms with Gasteiger partial charge < -0.3 is 9.84 Å². The maximum absolute atomic E-state index is 10.9. The summed E-state index contributed by atoms with van der Waals surface area (Å²) in [5.74, 6) is -0.757. The molecule has 1 aliphatic carbocycles. The van der Waals surface area contributed by atoms with Crippen LogP contribution in [0.25, 0.3) is 0 Å². The van der Waals surface area contributed by atoms with E-state index in [-0.39, 0.29) is 5.92 Å². The zero-order valence-corrected chi connectivity index (χ0v) is 10.6. The molecule has 1 N–H and O–H groups in total. The largest absolute Gasteiger partial charge is 0.481 e. The Kier molecular flexibility index (Phi) is 4.40. The van der Waals surface area contributed by atoms with Crippen molar-refractivity contribution in [2.45, 2.75) is 50.7 Å². The summed E-state index contributed by atoms with van der Waals surface area (Å²) in [4.78, 5) is 13.4. The predicted octanol–water partition coefficient (Wildman–Crippen LogP) is 1.74. The number of nitrogens with zero attached hydrogens (tertiary/aromatic N) is 1. The summed E-state index contributed by atoms with van der Waals surface area (Å²) in [6.07, 6.45) is 6.84. The number of likely N-dealkylation sites (tertiary alicyclic amines) is 1. The number of hydrogen-bond acceptors (Lipinski definition) is 3. The third-order valence-electron chi connectivity index (χ3n) is 4.32. The number of piperidine rings is 1. The summed E-state index contributed by atoms with van der Waals surface area (Å²) in [6.45, 7) is 1.84. The summed E-state index contributed by atoms with van der Waals surface area (Å²) in [6, 6.07) is 0.517. The minimum atomic E-state index is -0.628. The molecule has 1 heterocycles. The summed E-state index contributed by atoms with van der Waals surface area (Å²) in [7, 11) is 1.80. The van der Waals surface area contributed by atoms with Gasteiger partial charge in [0, 0.05) is 13.2 Å². The Hall–Kier alpha value is -0.610. The van der Waals surface area contributed by atoms with Crippen molar-refractivity contribution >= 4 is 5.97 Å². The zero-order valence-electron chi connectivity index (χ0n) is 10.6. The van der Waals surface area contributed by atoms with Gasteiger partial charge in [-0.05, 0) is 38.8 Å². The van der Waals surface area contributed by atoms with Gasteiger partial charge in [0.2, 0.25) is 0 Å². The van der Waals surface area contributed by atoms with Gasteiger partial charge in [-0.25, -0.2) is 0 Å². The highest BCUT2D eigenvalue weighted by Gasteiger charge is 2.33. The van der Waals surface area contributed by atoms with Crippen LogP contribution in [-0.2, 0) is 9.53 Å². The van der Waals surface area contributed by atoms with Gasteiger partial charge in [-0.15, -0.1) is 0 Å². The number of carbonyl (C=O) groups is 1. The zero-order chi connectivity index (χ0) is 12.3. The molecule has 2 unspecified atom stereocenters. The SMILES string of the molecule is COC1CCCCC1N1CCC(C(=O)O)CC1. The number of hydrogen-bond donors (Lipinski definition) is 1. The van der Waals surface area contributed by atoms with Crippen LogP contribution >= 0.6 is 0 Å². The molecule has 0 amide bonds. The molecule has 98 valence electrons. The number of aliphatic carboxylic acids is 1. The summed E-state index contributed by atoms with van der Waals surface area (Å²) < 4.78 is 5.57. The molecule has 0 spiro atoms. The second-order valence-corrected chi connectivity index (χ2v) is 5.27. The van der Waals surface area contributed by atoms with Gasteiger partial charge in [-0.3, -0.25) is 9.69 Å². The van der Waals surface area contributed by atoms with E-state index in [2.05, 4.69) is 4.90 Å². The smallest absolute Gasteiger partial charge is 0.306 e. The van der Waals surface area contributed by atoms with Crippen LogP contribution in [0.3, 0.4) is 0 Å². The van der Waals surface area contributed by atoms with E-state index >= 15 is 0 Å². The summed E-state index contributed by atoms with van der Waals surface area (Å²) >= 11 is 0. The normalized spacial score (nSPS) is 32.5. The van der Waals surface area contributed by atoms with Crippen LogP contribution in [-0.4, -0.2) is 48.3 Å². The Balaban J connectivity index is 1.88. The molecule has 4 nitrogen and oxygen atoms in total. The average Bonchev–Trinajstić information content (AvgIpc) is 2.39. The first-order chi connectivity index (χ1) is 8.22. The molecule has 2 fully saturated rings. The number of carboxylic acids is 1. The Morgan fingerprint density at radius 2 is 1.82 bits per heavy atom. The molecule has 17 heavy (non-hydrogen) atoms. The van der Waals surface area contributed by atoms with Crippen LogP contribution in [0.5, 0.6) is 0 Å². The average molecular weight is 241 g/mol. The van der Waals surface area contributed by atoms with Gasteiger partial charge in [-0.1, -0.05) is 12.8 Å². The van der Waals surface area contributed by atoms with E-state index in [0.29, 0.717) is 12.1 Å². The van der Waals surface area contributed by atoms with Crippen molar-refractivity contribution in [3.8, 4) is 0 Å². The van der Waals surface area contributed by atoms with Gasteiger partial charge in [0.05, 0.1) is 12.0 Å². The fourth-order valence-corrected chi connectivity index (χ4v) is 3.25. The van der Waals surface area contributed by atoms with E-state index < -0.39 is 5.97 Å². The van der Waals surface area contributed by atoms with E-state index in [1.54, 1.807) is 7.11 Å². The highest BCUT2D eigenvalue weighted by Crippen LogP contribution is 2.28. The molecular weight excluding hydrogens is 218 g/mol. The molecule has 0 aromatic rings. The maximum atomic E-state index is 10.9. The molecule has 0 aromatic carbocycles. The molecule has 1 aliphatic heterocycles. The molecule has 1 saturated heterocycles. The third-order valence-corrected chi connectivity index (χ3v) is 4.32. The molecular formula is C13H23NO3. The van der Waals surface area contributed by atoms with Crippen molar-refractivity contribution in [2.75, 3.05) is 20.2 Å². The van der Waals surface area contributed by atoms with Crippen LogP contribution in [0.4, 0.5) is 0 Å². The first kappa shape index (κ1) is 12.8. The van der Waals surface area contributed by atoms with Gasteiger partial charge in [0.25, 0.3) is 0 Å². The lowest BCUT2D eigenvalue weighted by molar-refractivity contribution is -0.143. The molecule has 0 aromatic heterocycles. The Labute approximate surface area is 103 Å². The lowest BCUT2D eigenvalue weighted by Crippen LogP contribution is -2.50. The van der Waals surface area contributed by atoms with Gasteiger partial charge in [0.1, 0.15) is 0 Å². The fraction of sp³-hybridized carbons (Fsp3) is 0.923. The number of ether oxygens (including phenoxy) is 1. The predicted molar refractivity (Wildman–Crippen MR) is 65.0 cm³/mol. The van der Waals surface area contributed by atoms with E-state index in [1.807, 2.05) is 0 Å². The quantitative estimate of drug-likeness (QED) is 0.817. The molecule has 2 aliphatic rings. The van der Waals surface area contributed by atoms with Crippen LogP contribution in [0.2, 0.25) is 0 Å². The minimum absolute atomic E-state index is 0.129. The van der Waals surface area contributed by atoms with Gasteiger partial charge in [-0.2, -0.15) is 0 Å². The molecule has 0 radical (unpaired) electrons. The van der Waals surface area contributed by atoms with Gasteiger partial charge in [0.15, 0.2) is 0 Å². The monoisotopic (exact) mass is 241 g/mol. The first-order valence-electron chi connectivity index (χ1n) is 6.72. The van der Waals surface area contributed by atoms with E-state index in [0.717, 1.165) is 32.4 Å². The van der Waals surface area contributed by atoms with Crippen LogP contribution in [0.15, 0.2) is 0 Å². The second-order valence-electron chi connectivity index (χ2n) is 5.27. The lowest BCUT2D eigenvalue weighted by Gasteiger charge is -2.42. The Morgan fingerprint density at radius 1 is 1.18 bits per heavy atom. The van der Waals surface area contributed by atoms with Gasteiger partial charge >= 0.3 is 5.97 Å². The summed E-state index contributed by atoms with van der Waals surface area (Å²) in [5.41, 5.74) is 0. The van der Waals surface area contributed by atoms with Crippen molar-refractivity contribution in [1.29, 1.82) is 0 Å². The van der Waals surface area contributed by atoms with Crippen molar-refractivity contribution < 1.29 is 14.6 Å². The first-order valence-corrected chi connectivity index (χ1v) is 6.72. The highest BCUT2D eigenvalue weighted by molar-refractivity contribution is 5.70. The van der Waals surface area contributed by atoms with E-state index in [1.165, 1.54) is 19.3 Å². The van der Waals surface area contributed by atoms with E-state index in [9.17, 15) is 4.79 Å². The highest BCUT2D eigenvalue weighted by atomic mass is 16.5. The van der Waals surface area contributed by atoms with Crippen molar-refractivity contribution in [1.82, 2.24) is 4.90 Å². The second kappa shape index (κ2) is 5.83. The number of methoxy groups -OCH3 is 1. The maximum Gasteiger partial charge on any atom is 0.306 e. The minimum Gasteiger partial charge on any atom is -0.481 e. The summed E-state index contributed by atoms with van der Waals surface area (Å²) in [5, 5.41) is 8.99. The van der Waals surface area contributed by atoms with E-state index in [4.69, 9.17) is 9.84 Å². The number of rotatable bonds is 3. The standard InChI is InChI=1S/C13H23NO3/c1-17-12-5-3-2-4-11(12)14-8-6-10(7-9-14)13(15)16/h10-12H,2-9H2,1H3,(H,15,16). The van der Waals surface area contributed by atoms with Crippen molar-refractivity contribution in [3.05, 3.63) is 0 Å². The van der Waals surface area contributed by atoms with Crippen molar-refractivity contribution in [3.63, 3.8) is 0 Å². The number of carboxylic acid groups (broad SMARTS) is 1. The van der Waals surface area contributed by atoms with Crippen LogP contribution in [0.1, 0.15) is 38.5 Å². The third kappa shape index (κ3) is 2.99. The molecule has 2 rings (SSSR count). The topological polar surface area (TPSA) is 49.8 Å². The lowest BCUT2D eigenvalue weighted by atomic mass is 9.88. The van der Waals surface area contributed by atoms with Crippen LogP contribution in [0, 0.1) is 5.92 Å². The molecule has 1 saturated carbocycles. The molecule has 2 atom stereocenters. The van der Waals surface area contributed by atoms with Crippen LogP contribution < -0.4 is 0 Å².